The van der Waals surface area contributed by atoms with Crippen molar-refractivity contribution in [3.05, 3.63) is 72.3 Å². The van der Waals surface area contributed by atoms with Gasteiger partial charge in [0.15, 0.2) is 0 Å². The molecule has 30 heavy (non-hydrogen) atoms. The maximum Gasteiger partial charge on any atom is 0.234 e. The number of para-hydroxylation sites is 1. The molecule has 0 aromatic heterocycles. The molecule has 3 aliphatic heterocycles. The van der Waals surface area contributed by atoms with Crippen LogP contribution in [-0.4, -0.2) is 43.7 Å². The summed E-state index contributed by atoms with van der Waals surface area (Å²) in [6.45, 7) is 0.956. The number of rotatable bonds is 6. The van der Waals surface area contributed by atoms with Crippen LogP contribution in [0, 0.1) is 11.8 Å². The molecule has 0 saturated carbocycles. The third-order valence-electron chi connectivity index (χ3n) is 6.34. The average Bonchev–Trinajstić information content (AvgIpc) is 3.43. The predicted molar refractivity (Wildman–Crippen MR) is 112 cm³/mol. The second-order valence-corrected chi connectivity index (χ2v) is 8.05. The van der Waals surface area contributed by atoms with Crippen molar-refractivity contribution in [2.75, 3.05) is 25.1 Å². The summed E-state index contributed by atoms with van der Waals surface area (Å²) in [4.78, 5) is 28.0. The van der Waals surface area contributed by atoms with Gasteiger partial charge in [0.1, 0.15) is 11.4 Å². The second-order valence-electron chi connectivity index (χ2n) is 8.05. The lowest BCUT2D eigenvalue weighted by Crippen LogP contribution is -2.44. The number of benzene rings is 2. The Kier molecular flexibility index (Phi) is 4.59. The van der Waals surface area contributed by atoms with Gasteiger partial charge < -0.3 is 19.7 Å². The van der Waals surface area contributed by atoms with Crippen molar-refractivity contribution in [1.82, 2.24) is 5.32 Å². The number of nitrogens with one attached hydrogen (secondary N) is 1. The van der Waals surface area contributed by atoms with Gasteiger partial charge in [-0.25, -0.2) is 0 Å². The first-order valence-electron chi connectivity index (χ1n) is 10.3. The van der Waals surface area contributed by atoms with Gasteiger partial charge in [-0.3, -0.25) is 9.59 Å². The normalized spacial score (nSPS) is 28.6. The third-order valence-corrected chi connectivity index (χ3v) is 6.34. The minimum Gasteiger partial charge on any atom is -0.497 e. The quantitative estimate of drug-likeness (QED) is 0.751. The molecular formula is C24H24N2O4. The zero-order valence-electron chi connectivity index (χ0n) is 16.8. The predicted octanol–water partition coefficient (Wildman–Crippen LogP) is 2.34. The number of fused-ring (bicyclic) bond motifs is 1. The van der Waals surface area contributed by atoms with Crippen molar-refractivity contribution in [3.8, 4) is 5.75 Å². The van der Waals surface area contributed by atoms with E-state index in [0.717, 1.165) is 17.0 Å². The minimum atomic E-state index is -0.699. The lowest BCUT2D eigenvalue weighted by molar-refractivity contribution is -0.131. The second kappa shape index (κ2) is 7.29. The fraction of sp³-hybridized carbons (Fsp3) is 0.333. The molecule has 2 bridgehead atoms. The third kappa shape index (κ3) is 2.99. The molecule has 2 aromatic carbocycles. The molecule has 1 spiro atoms. The highest BCUT2D eigenvalue weighted by molar-refractivity contribution is 6.03. The van der Waals surface area contributed by atoms with E-state index < -0.39 is 17.4 Å². The monoisotopic (exact) mass is 404 g/mol. The van der Waals surface area contributed by atoms with Crippen LogP contribution in [0.4, 0.5) is 5.69 Å². The van der Waals surface area contributed by atoms with Crippen LogP contribution < -0.4 is 15.0 Å². The molecule has 6 heteroatoms. The standard InChI is InChI=1S/C24H24N2O4/c1-29-18-9-7-16(8-10-18)12-14-25-22(27)20-19-11-13-24(30-19)15-26(23(28)21(20)24)17-5-3-2-4-6-17/h2-11,13,19-21H,12,14-15H2,1H3,(H,25,27)/t19-,20-,21+,24+/m1/s1. The molecule has 3 heterocycles. The van der Waals surface area contributed by atoms with Gasteiger partial charge in [0, 0.05) is 12.2 Å². The molecule has 2 amide bonds. The molecule has 5 rings (SSSR count). The summed E-state index contributed by atoms with van der Waals surface area (Å²) in [5.74, 6) is -0.321. The maximum atomic E-state index is 13.3. The number of nitrogens with zero attached hydrogens (tertiary/aromatic N) is 1. The fourth-order valence-corrected chi connectivity index (χ4v) is 4.86. The lowest BCUT2D eigenvalue weighted by Gasteiger charge is -2.23. The largest absolute Gasteiger partial charge is 0.497 e. The van der Waals surface area contributed by atoms with E-state index in [4.69, 9.17) is 9.47 Å². The van der Waals surface area contributed by atoms with E-state index in [2.05, 4.69) is 5.32 Å². The topological polar surface area (TPSA) is 67.9 Å². The summed E-state index contributed by atoms with van der Waals surface area (Å²) < 4.78 is 11.4. The van der Waals surface area contributed by atoms with Crippen molar-refractivity contribution in [1.29, 1.82) is 0 Å². The van der Waals surface area contributed by atoms with E-state index in [9.17, 15) is 9.59 Å². The first kappa shape index (κ1) is 18.9. The summed E-state index contributed by atoms with van der Waals surface area (Å²) in [7, 11) is 1.64. The molecule has 4 atom stereocenters. The number of anilines is 1. The minimum absolute atomic E-state index is 0.0386. The molecule has 0 unspecified atom stereocenters. The number of carbonyl (C=O) groups excluding carboxylic acids is 2. The molecule has 2 saturated heterocycles. The van der Waals surface area contributed by atoms with Crippen molar-refractivity contribution < 1.29 is 19.1 Å². The van der Waals surface area contributed by atoms with E-state index in [0.29, 0.717) is 19.5 Å². The van der Waals surface area contributed by atoms with E-state index in [1.807, 2.05) is 66.7 Å². The van der Waals surface area contributed by atoms with Crippen LogP contribution in [0.5, 0.6) is 5.75 Å². The lowest BCUT2D eigenvalue weighted by atomic mass is 9.77. The Morgan fingerprint density at radius 2 is 1.97 bits per heavy atom. The Bertz CT molecular complexity index is 988. The number of ether oxygens (including phenoxy) is 2. The Morgan fingerprint density at radius 3 is 2.70 bits per heavy atom. The van der Waals surface area contributed by atoms with Gasteiger partial charge in [-0.15, -0.1) is 0 Å². The van der Waals surface area contributed by atoms with Crippen LogP contribution in [0.1, 0.15) is 5.56 Å². The van der Waals surface area contributed by atoms with Crippen molar-refractivity contribution in [2.45, 2.75) is 18.1 Å². The summed E-state index contributed by atoms with van der Waals surface area (Å²) in [5, 5.41) is 3.02. The first-order chi connectivity index (χ1) is 14.6. The molecule has 0 aliphatic carbocycles. The highest BCUT2D eigenvalue weighted by Gasteiger charge is 2.66. The van der Waals surface area contributed by atoms with E-state index in [1.54, 1.807) is 12.0 Å². The van der Waals surface area contributed by atoms with Gasteiger partial charge in [-0.1, -0.05) is 42.5 Å². The Hall–Kier alpha value is -3.12. The van der Waals surface area contributed by atoms with E-state index >= 15 is 0 Å². The van der Waals surface area contributed by atoms with Crippen molar-refractivity contribution in [2.24, 2.45) is 11.8 Å². The van der Waals surface area contributed by atoms with Crippen LogP contribution >= 0.6 is 0 Å². The van der Waals surface area contributed by atoms with Gasteiger partial charge in [-0.2, -0.15) is 0 Å². The zero-order chi connectivity index (χ0) is 20.7. The molecule has 154 valence electrons. The van der Waals surface area contributed by atoms with Gasteiger partial charge in [0.2, 0.25) is 11.8 Å². The van der Waals surface area contributed by atoms with Crippen molar-refractivity contribution in [3.63, 3.8) is 0 Å². The van der Waals surface area contributed by atoms with Gasteiger partial charge in [0.25, 0.3) is 0 Å². The highest BCUT2D eigenvalue weighted by Crippen LogP contribution is 2.52. The Balaban J connectivity index is 1.27. The Labute approximate surface area is 175 Å². The molecule has 2 aromatic rings. The van der Waals surface area contributed by atoms with Gasteiger partial charge >= 0.3 is 0 Å². The van der Waals surface area contributed by atoms with Gasteiger partial charge in [-0.05, 0) is 36.2 Å². The fourth-order valence-electron chi connectivity index (χ4n) is 4.86. The summed E-state index contributed by atoms with van der Waals surface area (Å²) in [5.41, 5.74) is 1.25. The van der Waals surface area contributed by atoms with Crippen LogP contribution in [0.2, 0.25) is 0 Å². The Morgan fingerprint density at radius 1 is 1.20 bits per heavy atom. The van der Waals surface area contributed by atoms with Crippen LogP contribution in [-0.2, 0) is 20.7 Å². The first-order valence-corrected chi connectivity index (χ1v) is 10.3. The maximum absolute atomic E-state index is 13.3. The summed E-state index contributed by atoms with van der Waals surface area (Å²) >= 11 is 0. The van der Waals surface area contributed by atoms with Crippen LogP contribution in [0.3, 0.4) is 0 Å². The van der Waals surface area contributed by atoms with Crippen LogP contribution in [0.25, 0.3) is 0 Å². The van der Waals surface area contributed by atoms with Gasteiger partial charge in [0.05, 0.1) is 31.6 Å². The summed E-state index contributed by atoms with van der Waals surface area (Å²) in [6, 6.07) is 17.4. The highest BCUT2D eigenvalue weighted by atomic mass is 16.5. The molecule has 1 N–H and O–H groups in total. The van der Waals surface area contributed by atoms with Crippen molar-refractivity contribution >= 4 is 17.5 Å². The molecular weight excluding hydrogens is 380 g/mol. The number of amides is 2. The molecule has 2 fully saturated rings. The van der Waals surface area contributed by atoms with Crippen LogP contribution in [0.15, 0.2) is 66.7 Å². The average molecular weight is 404 g/mol. The van der Waals surface area contributed by atoms with E-state index in [-0.39, 0.29) is 17.9 Å². The molecule has 3 aliphatic rings. The number of carbonyl (C=O) groups is 2. The summed E-state index contributed by atoms with van der Waals surface area (Å²) in [6.07, 6.45) is 4.29. The number of hydrogen-bond acceptors (Lipinski definition) is 4. The SMILES string of the molecule is COc1ccc(CCNC(=O)[C@H]2[C@H]3C(=O)N(c4ccccc4)C[C@@]34C=C[C@H]2O4)cc1. The smallest absolute Gasteiger partial charge is 0.234 e. The number of hydrogen-bond donors (Lipinski definition) is 1. The van der Waals surface area contributed by atoms with E-state index in [1.165, 1.54) is 0 Å². The molecule has 0 radical (unpaired) electrons. The zero-order valence-corrected chi connectivity index (χ0v) is 16.8. The molecule has 6 nitrogen and oxygen atoms in total. The number of methoxy groups -OCH3 is 1.